The molecule has 6 nitrogen and oxygen atoms in total. The first-order valence-corrected chi connectivity index (χ1v) is 7.40. The van der Waals surface area contributed by atoms with Gasteiger partial charge in [0.05, 0.1) is 33.0 Å². The van der Waals surface area contributed by atoms with Crippen molar-refractivity contribution < 1.29 is 18.9 Å². The van der Waals surface area contributed by atoms with E-state index in [0.29, 0.717) is 51.2 Å². The van der Waals surface area contributed by atoms with Gasteiger partial charge in [-0.05, 0) is 12.5 Å². The maximum absolute atomic E-state index is 5.62. The first kappa shape index (κ1) is 17.7. The van der Waals surface area contributed by atoms with Gasteiger partial charge < -0.3 is 24.7 Å². The highest BCUT2D eigenvalue weighted by Gasteiger charge is 1.96. The minimum absolute atomic E-state index is 0.441. The maximum Gasteiger partial charge on any atom is 0.215 e. The van der Waals surface area contributed by atoms with Crippen molar-refractivity contribution in [3.05, 3.63) is 18.3 Å². The SMILES string of the molecule is CCCCOCCOCCOCCOc1cc(N)ccn1. The first-order valence-electron chi connectivity index (χ1n) is 7.40. The van der Waals surface area contributed by atoms with Crippen LogP contribution in [0.2, 0.25) is 0 Å². The van der Waals surface area contributed by atoms with Crippen molar-refractivity contribution in [3.63, 3.8) is 0 Å². The third kappa shape index (κ3) is 10.1. The van der Waals surface area contributed by atoms with Crippen LogP contribution in [0.4, 0.5) is 5.69 Å². The zero-order valence-corrected chi connectivity index (χ0v) is 12.8. The Bertz CT molecular complexity index is 363. The largest absolute Gasteiger partial charge is 0.475 e. The highest BCUT2D eigenvalue weighted by atomic mass is 16.6. The topological polar surface area (TPSA) is 75.8 Å². The van der Waals surface area contributed by atoms with Gasteiger partial charge in [-0.25, -0.2) is 4.98 Å². The average Bonchev–Trinajstić information content (AvgIpc) is 2.48. The van der Waals surface area contributed by atoms with E-state index in [9.17, 15) is 0 Å². The zero-order valence-electron chi connectivity index (χ0n) is 12.8. The smallest absolute Gasteiger partial charge is 0.215 e. The van der Waals surface area contributed by atoms with Crippen LogP contribution in [0.1, 0.15) is 19.8 Å². The normalized spacial score (nSPS) is 10.7. The van der Waals surface area contributed by atoms with Crippen molar-refractivity contribution >= 4 is 5.69 Å². The van der Waals surface area contributed by atoms with Crippen LogP contribution in [0, 0.1) is 0 Å². The van der Waals surface area contributed by atoms with E-state index in [4.69, 9.17) is 24.7 Å². The Morgan fingerprint density at radius 3 is 2.19 bits per heavy atom. The lowest BCUT2D eigenvalue weighted by Crippen LogP contribution is -2.13. The molecule has 0 amide bonds. The number of nitrogens with two attached hydrogens (primary N) is 1. The zero-order chi connectivity index (χ0) is 15.2. The minimum Gasteiger partial charge on any atom is -0.475 e. The molecule has 0 spiro atoms. The molecule has 1 aromatic rings. The van der Waals surface area contributed by atoms with Crippen LogP contribution >= 0.6 is 0 Å². The lowest BCUT2D eigenvalue weighted by atomic mass is 10.4. The number of rotatable bonds is 13. The summed E-state index contributed by atoms with van der Waals surface area (Å²) in [7, 11) is 0. The summed E-state index contributed by atoms with van der Waals surface area (Å²) in [6.45, 7) is 6.25. The molecule has 0 bridgehead atoms. The van der Waals surface area contributed by atoms with Crippen molar-refractivity contribution in [2.75, 3.05) is 52.0 Å². The number of hydrogen-bond donors (Lipinski definition) is 1. The van der Waals surface area contributed by atoms with Crippen LogP contribution in [0.5, 0.6) is 5.88 Å². The molecule has 2 N–H and O–H groups in total. The third-order valence-corrected chi connectivity index (χ3v) is 2.62. The number of hydrogen-bond acceptors (Lipinski definition) is 6. The highest BCUT2D eigenvalue weighted by Crippen LogP contribution is 2.09. The molecule has 0 saturated carbocycles. The first-order chi connectivity index (χ1) is 10.3. The van der Waals surface area contributed by atoms with Gasteiger partial charge in [0.2, 0.25) is 5.88 Å². The van der Waals surface area contributed by atoms with Crippen LogP contribution < -0.4 is 10.5 Å². The molecular formula is C15H26N2O4. The molecule has 0 aromatic carbocycles. The third-order valence-electron chi connectivity index (χ3n) is 2.62. The van der Waals surface area contributed by atoms with E-state index in [1.54, 1.807) is 18.3 Å². The monoisotopic (exact) mass is 298 g/mol. The Labute approximate surface area is 126 Å². The van der Waals surface area contributed by atoms with Gasteiger partial charge in [0.15, 0.2) is 0 Å². The van der Waals surface area contributed by atoms with Crippen molar-refractivity contribution in [2.45, 2.75) is 19.8 Å². The molecule has 0 fully saturated rings. The van der Waals surface area contributed by atoms with E-state index in [1.807, 2.05) is 0 Å². The molecular weight excluding hydrogens is 272 g/mol. The molecule has 0 aliphatic rings. The molecule has 0 aliphatic carbocycles. The summed E-state index contributed by atoms with van der Waals surface area (Å²) in [5, 5.41) is 0. The van der Waals surface area contributed by atoms with Gasteiger partial charge in [-0.1, -0.05) is 13.3 Å². The summed E-state index contributed by atoms with van der Waals surface area (Å²) in [4.78, 5) is 4.03. The second-order valence-electron chi connectivity index (χ2n) is 4.47. The van der Waals surface area contributed by atoms with E-state index in [1.165, 1.54) is 0 Å². The van der Waals surface area contributed by atoms with E-state index >= 15 is 0 Å². The lowest BCUT2D eigenvalue weighted by molar-refractivity contribution is 0.00872. The van der Waals surface area contributed by atoms with Crippen LogP contribution in [0.15, 0.2) is 18.3 Å². The number of nitrogen functional groups attached to an aromatic ring is 1. The summed E-state index contributed by atoms with van der Waals surface area (Å²) < 4.78 is 21.5. The van der Waals surface area contributed by atoms with Crippen LogP contribution in [-0.4, -0.2) is 51.2 Å². The van der Waals surface area contributed by atoms with Crippen molar-refractivity contribution in [1.29, 1.82) is 0 Å². The van der Waals surface area contributed by atoms with E-state index in [2.05, 4.69) is 11.9 Å². The van der Waals surface area contributed by atoms with Gasteiger partial charge in [-0.3, -0.25) is 0 Å². The number of pyridine rings is 1. The summed E-state index contributed by atoms with van der Waals surface area (Å²) in [6, 6.07) is 3.40. The van der Waals surface area contributed by atoms with Gasteiger partial charge in [0.25, 0.3) is 0 Å². The van der Waals surface area contributed by atoms with Crippen LogP contribution in [-0.2, 0) is 14.2 Å². The standard InChI is InChI=1S/C15H26N2O4/c1-2-3-6-18-7-8-19-9-10-20-11-12-21-15-13-14(16)4-5-17-15/h4-5,13H,2-3,6-12H2,1H3,(H2,16,17). The predicted molar refractivity (Wildman–Crippen MR) is 81.5 cm³/mol. The summed E-state index contributed by atoms with van der Waals surface area (Å²) in [5.74, 6) is 0.513. The number of nitrogens with zero attached hydrogens (tertiary/aromatic N) is 1. The highest BCUT2D eigenvalue weighted by molar-refractivity contribution is 5.39. The quantitative estimate of drug-likeness (QED) is 0.560. The number of aromatic nitrogens is 1. The van der Waals surface area contributed by atoms with Gasteiger partial charge >= 0.3 is 0 Å². The number of ether oxygens (including phenoxy) is 4. The van der Waals surface area contributed by atoms with Crippen LogP contribution in [0.25, 0.3) is 0 Å². The number of unbranched alkanes of at least 4 members (excludes halogenated alkanes) is 1. The Morgan fingerprint density at radius 1 is 0.952 bits per heavy atom. The molecule has 21 heavy (non-hydrogen) atoms. The van der Waals surface area contributed by atoms with E-state index in [-0.39, 0.29) is 0 Å². The van der Waals surface area contributed by atoms with Crippen LogP contribution in [0.3, 0.4) is 0 Å². The van der Waals surface area contributed by atoms with E-state index in [0.717, 1.165) is 19.4 Å². The predicted octanol–water partition coefficient (Wildman–Crippen LogP) is 1.89. The Balaban J connectivity index is 1.82. The molecule has 120 valence electrons. The fraction of sp³-hybridized carbons (Fsp3) is 0.667. The summed E-state index contributed by atoms with van der Waals surface area (Å²) in [6.07, 6.45) is 3.87. The molecule has 6 heteroatoms. The molecule has 1 aromatic heterocycles. The maximum atomic E-state index is 5.62. The van der Waals surface area contributed by atoms with Crippen molar-refractivity contribution in [3.8, 4) is 5.88 Å². The molecule has 0 radical (unpaired) electrons. The van der Waals surface area contributed by atoms with Gasteiger partial charge in [0.1, 0.15) is 6.61 Å². The number of anilines is 1. The molecule has 1 rings (SSSR count). The summed E-state index contributed by atoms with van der Waals surface area (Å²) in [5.41, 5.74) is 6.25. The molecule has 0 saturated heterocycles. The lowest BCUT2D eigenvalue weighted by Gasteiger charge is -2.08. The minimum atomic E-state index is 0.441. The summed E-state index contributed by atoms with van der Waals surface area (Å²) >= 11 is 0. The Kier molecular flexibility index (Phi) is 10.4. The van der Waals surface area contributed by atoms with Gasteiger partial charge in [-0.15, -0.1) is 0 Å². The second-order valence-corrected chi connectivity index (χ2v) is 4.47. The average molecular weight is 298 g/mol. The molecule has 0 aliphatic heterocycles. The van der Waals surface area contributed by atoms with E-state index < -0.39 is 0 Å². The second kappa shape index (κ2) is 12.4. The van der Waals surface area contributed by atoms with Gasteiger partial charge in [-0.2, -0.15) is 0 Å². The molecule has 0 atom stereocenters. The van der Waals surface area contributed by atoms with Crippen molar-refractivity contribution in [1.82, 2.24) is 4.98 Å². The Morgan fingerprint density at radius 2 is 1.57 bits per heavy atom. The molecule has 1 heterocycles. The van der Waals surface area contributed by atoms with Gasteiger partial charge in [0, 0.05) is 24.6 Å². The fourth-order valence-corrected chi connectivity index (χ4v) is 1.50. The molecule has 0 unspecified atom stereocenters. The fourth-order valence-electron chi connectivity index (χ4n) is 1.50. The Hall–Kier alpha value is -1.37. The van der Waals surface area contributed by atoms with Crippen molar-refractivity contribution in [2.24, 2.45) is 0 Å².